The molecular formula is C15H26N4O2. The van der Waals surface area contributed by atoms with E-state index in [4.69, 9.17) is 5.73 Å². The first-order valence-corrected chi connectivity index (χ1v) is 8.19. The summed E-state index contributed by atoms with van der Waals surface area (Å²) in [5.74, 6) is 1.12. The predicted octanol–water partition coefficient (Wildman–Crippen LogP) is 0.280. The normalized spacial score (nSPS) is 37.8. The second-order valence-corrected chi connectivity index (χ2v) is 6.71. The SMILES string of the molecule is CCNC(=O)N1CCC(NC(=O)C2C3CCC(C3)C2N)C1. The number of nitrogens with two attached hydrogens (primary N) is 1. The minimum atomic E-state index is -0.0362. The summed E-state index contributed by atoms with van der Waals surface area (Å²) in [6, 6.07) is 0.0713. The average Bonchev–Trinajstić information content (AvgIpc) is 3.14. The van der Waals surface area contributed by atoms with Gasteiger partial charge in [-0.1, -0.05) is 0 Å². The summed E-state index contributed by atoms with van der Waals surface area (Å²) in [7, 11) is 0. The van der Waals surface area contributed by atoms with Crippen molar-refractivity contribution in [1.82, 2.24) is 15.5 Å². The molecule has 6 nitrogen and oxygen atoms in total. The van der Waals surface area contributed by atoms with Crippen LogP contribution in [0.2, 0.25) is 0 Å². The fourth-order valence-electron chi connectivity index (χ4n) is 4.35. The molecule has 4 N–H and O–H groups in total. The van der Waals surface area contributed by atoms with Gasteiger partial charge < -0.3 is 21.3 Å². The van der Waals surface area contributed by atoms with Gasteiger partial charge in [-0.2, -0.15) is 0 Å². The van der Waals surface area contributed by atoms with Crippen LogP contribution in [0.5, 0.6) is 0 Å². The van der Waals surface area contributed by atoms with Crippen LogP contribution < -0.4 is 16.4 Å². The monoisotopic (exact) mass is 294 g/mol. The molecule has 6 heteroatoms. The van der Waals surface area contributed by atoms with E-state index in [9.17, 15) is 9.59 Å². The Morgan fingerprint density at radius 3 is 2.67 bits per heavy atom. The van der Waals surface area contributed by atoms with Crippen molar-refractivity contribution in [3.8, 4) is 0 Å². The van der Waals surface area contributed by atoms with Crippen LogP contribution in [-0.2, 0) is 4.79 Å². The van der Waals surface area contributed by atoms with Crippen molar-refractivity contribution in [3.05, 3.63) is 0 Å². The van der Waals surface area contributed by atoms with Gasteiger partial charge in [-0.25, -0.2) is 4.79 Å². The molecule has 2 saturated carbocycles. The maximum atomic E-state index is 12.5. The summed E-state index contributed by atoms with van der Waals surface area (Å²) < 4.78 is 0. The van der Waals surface area contributed by atoms with Crippen LogP contribution in [0.15, 0.2) is 0 Å². The fourth-order valence-corrected chi connectivity index (χ4v) is 4.35. The average molecular weight is 294 g/mol. The first-order valence-electron chi connectivity index (χ1n) is 8.19. The number of urea groups is 1. The molecule has 1 aliphatic heterocycles. The van der Waals surface area contributed by atoms with Crippen molar-refractivity contribution in [1.29, 1.82) is 0 Å². The van der Waals surface area contributed by atoms with E-state index in [0.29, 0.717) is 31.5 Å². The number of nitrogens with zero attached hydrogens (tertiary/aromatic N) is 1. The summed E-state index contributed by atoms with van der Waals surface area (Å²) in [6.07, 6.45) is 4.28. The Bertz CT molecular complexity index is 426. The lowest BCUT2D eigenvalue weighted by atomic mass is 9.84. The van der Waals surface area contributed by atoms with E-state index >= 15 is 0 Å². The lowest BCUT2D eigenvalue weighted by molar-refractivity contribution is -0.127. The molecule has 2 bridgehead atoms. The molecule has 118 valence electrons. The smallest absolute Gasteiger partial charge is 0.317 e. The highest BCUT2D eigenvalue weighted by Crippen LogP contribution is 2.47. The molecule has 3 fully saturated rings. The Hall–Kier alpha value is -1.30. The summed E-state index contributed by atoms with van der Waals surface area (Å²) >= 11 is 0. The minimum Gasteiger partial charge on any atom is -0.351 e. The first-order chi connectivity index (χ1) is 10.1. The quantitative estimate of drug-likeness (QED) is 0.698. The molecular weight excluding hydrogens is 268 g/mol. The number of carbonyl (C=O) groups excluding carboxylic acids is 2. The van der Waals surface area contributed by atoms with E-state index < -0.39 is 0 Å². The van der Waals surface area contributed by atoms with Gasteiger partial charge in [0, 0.05) is 31.7 Å². The number of carbonyl (C=O) groups is 2. The highest BCUT2D eigenvalue weighted by Gasteiger charge is 2.49. The molecule has 1 heterocycles. The van der Waals surface area contributed by atoms with Crippen molar-refractivity contribution >= 4 is 11.9 Å². The largest absolute Gasteiger partial charge is 0.351 e. The predicted molar refractivity (Wildman–Crippen MR) is 79.5 cm³/mol. The second kappa shape index (κ2) is 5.83. The van der Waals surface area contributed by atoms with Crippen molar-refractivity contribution in [2.45, 2.75) is 44.7 Å². The van der Waals surface area contributed by atoms with Crippen molar-refractivity contribution in [2.24, 2.45) is 23.5 Å². The summed E-state index contributed by atoms with van der Waals surface area (Å²) in [5, 5.41) is 5.92. The number of rotatable bonds is 3. The standard InChI is InChI=1S/C15H26N4O2/c1-2-17-15(21)19-6-5-11(8-19)18-14(20)12-9-3-4-10(7-9)13(12)16/h9-13H,2-8,16H2,1H3,(H,17,21)(H,18,20). The van der Waals surface area contributed by atoms with Crippen molar-refractivity contribution in [2.75, 3.05) is 19.6 Å². The lowest BCUT2D eigenvalue weighted by Crippen LogP contribution is -2.49. The number of nitrogens with one attached hydrogen (secondary N) is 2. The van der Waals surface area contributed by atoms with Crippen LogP contribution in [0.1, 0.15) is 32.6 Å². The third-order valence-corrected chi connectivity index (χ3v) is 5.43. The molecule has 0 aromatic rings. The Morgan fingerprint density at radius 2 is 2.00 bits per heavy atom. The van der Waals surface area contributed by atoms with Crippen LogP contribution in [0.25, 0.3) is 0 Å². The zero-order valence-corrected chi connectivity index (χ0v) is 12.7. The molecule has 3 rings (SSSR count). The molecule has 0 aromatic heterocycles. The van der Waals surface area contributed by atoms with Crippen molar-refractivity contribution < 1.29 is 9.59 Å². The molecule has 0 radical (unpaired) electrons. The third-order valence-electron chi connectivity index (χ3n) is 5.43. The fraction of sp³-hybridized carbons (Fsp3) is 0.867. The van der Waals surface area contributed by atoms with Crippen LogP contribution in [0, 0.1) is 17.8 Å². The van der Waals surface area contributed by atoms with Gasteiger partial charge in [-0.3, -0.25) is 4.79 Å². The van der Waals surface area contributed by atoms with E-state index in [1.165, 1.54) is 6.42 Å². The summed E-state index contributed by atoms with van der Waals surface area (Å²) in [4.78, 5) is 26.0. The number of likely N-dealkylation sites (tertiary alicyclic amines) is 1. The second-order valence-electron chi connectivity index (χ2n) is 6.71. The van der Waals surface area contributed by atoms with Crippen LogP contribution >= 0.6 is 0 Å². The van der Waals surface area contributed by atoms with Gasteiger partial charge >= 0.3 is 6.03 Å². The molecule has 0 aromatic carbocycles. The van der Waals surface area contributed by atoms with E-state index in [2.05, 4.69) is 10.6 Å². The highest BCUT2D eigenvalue weighted by atomic mass is 16.2. The Balaban J connectivity index is 1.51. The maximum Gasteiger partial charge on any atom is 0.317 e. The van der Waals surface area contributed by atoms with Crippen molar-refractivity contribution in [3.63, 3.8) is 0 Å². The van der Waals surface area contributed by atoms with Gasteiger partial charge in [0.25, 0.3) is 0 Å². The summed E-state index contributed by atoms with van der Waals surface area (Å²) in [6.45, 7) is 3.85. The van der Waals surface area contributed by atoms with Crippen LogP contribution in [-0.4, -0.2) is 48.6 Å². The number of fused-ring (bicyclic) bond motifs is 2. The van der Waals surface area contributed by atoms with Gasteiger partial charge in [-0.15, -0.1) is 0 Å². The number of amides is 3. The molecule has 5 unspecified atom stereocenters. The van der Waals surface area contributed by atoms with E-state index in [0.717, 1.165) is 19.3 Å². The van der Waals surface area contributed by atoms with Gasteiger partial charge in [0.2, 0.25) is 5.91 Å². The van der Waals surface area contributed by atoms with Crippen LogP contribution in [0.3, 0.4) is 0 Å². The number of hydrogen-bond donors (Lipinski definition) is 3. The number of hydrogen-bond acceptors (Lipinski definition) is 3. The molecule has 3 aliphatic rings. The zero-order valence-electron chi connectivity index (χ0n) is 12.7. The van der Waals surface area contributed by atoms with Crippen LogP contribution in [0.4, 0.5) is 4.79 Å². The highest BCUT2D eigenvalue weighted by molar-refractivity contribution is 5.81. The molecule has 21 heavy (non-hydrogen) atoms. The Kier molecular flexibility index (Phi) is 4.06. The molecule has 3 amide bonds. The maximum absolute atomic E-state index is 12.5. The van der Waals surface area contributed by atoms with Gasteiger partial charge in [0.15, 0.2) is 0 Å². The molecule has 1 saturated heterocycles. The van der Waals surface area contributed by atoms with Gasteiger partial charge in [0.1, 0.15) is 0 Å². The molecule has 0 spiro atoms. The Labute approximate surface area is 125 Å². The molecule has 5 atom stereocenters. The van der Waals surface area contributed by atoms with Gasteiger partial charge in [-0.05, 0) is 44.4 Å². The Morgan fingerprint density at radius 1 is 1.24 bits per heavy atom. The minimum absolute atomic E-state index is 0.0118. The third kappa shape index (κ3) is 2.73. The van der Waals surface area contributed by atoms with Gasteiger partial charge in [0.05, 0.1) is 5.92 Å². The van der Waals surface area contributed by atoms with E-state index in [-0.39, 0.29) is 29.9 Å². The summed E-state index contributed by atoms with van der Waals surface area (Å²) in [5.41, 5.74) is 6.22. The lowest BCUT2D eigenvalue weighted by Gasteiger charge is -2.28. The zero-order chi connectivity index (χ0) is 15.0. The van der Waals surface area contributed by atoms with E-state index in [1.807, 2.05) is 6.92 Å². The first kappa shape index (κ1) is 14.6. The topological polar surface area (TPSA) is 87.5 Å². The van der Waals surface area contributed by atoms with E-state index in [1.54, 1.807) is 4.90 Å². The molecule has 2 aliphatic carbocycles.